The lowest BCUT2D eigenvalue weighted by atomic mass is 10.2. The number of halogens is 4. The Morgan fingerprint density at radius 3 is 2.16 bits per heavy atom. The highest BCUT2D eigenvalue weighted by Crippen LogP contribution is 2.35. The first-order valence-corrected chi connectivity index (χ1v) is 11.0. The average molecular weight is 501 g/mol. The molecule has 0 unspecified atom stereocenters. The summed E-state index contributed by atoms with van der Waals surface area (Å²) in [5.41, 5.74) is 2.51. The Balaban J connectivity index is 1.75. The van der Waals surface area contributed by atoms with E-state index < -0.39 is 0 Å². The molecule has 0 aliphatic carbocycles. The van der Waals surface area contributed by atoms with Crippen molar-refractivity contribution in [1.82, 2.24) is 0 Å². The minimum atomic E-state index is 0.258. The van der Waals surface area contributed by atoms with Crippen LogP contribution in [0.15, 0.2) is 48.5 Å². The molecule has 0 radical (unpaired) electrons. The maximum Gasteiger partial charge on any atom is 0.163 e. The molecule has 0 bridgehead atoms. The van der Waals surface area contributed by atoms with Crippen molar-refractivity contribution >= 4 is 52.1 Å². The van der Waals surface area contributed by atoms with E-state index in [2.05, 4.69) is 5.32 Å². The first-order valence-electron chi connectivity index (χ1n) is 9.50. The van der Waals surface area contributed by atoms with Crippen LogP contribution in [0.1, 0.15) is 18.1 Å². The van der Waals surface area contributed by atoms with Gasteiger partial charge < -0.3 is 19.5 Å². The summed E-state index contributed by atoms with van der Waals surface area (Å²) in [5.74, 6) is 1.75. The van der Waals surface area contributed by atoms with Gasteiger partial charge in [0.15, 0.2) is 11.5 Å². The van der Waals surface area contributed by atoms with Gasteiger partial charge in [0.25, 0.3) is 0 Å². The monoisotopic (exact) mass is 499 g/mol. The van der Waals surface area contributed by atoms with Gasteiger partial charge in [-0.2, -0.15) is 0 Å². The number of nitrogens with one attached hydrogen (secondary N) is 1. The van der Waals surface area contributed by atoms with Crippen LogP contribution in [0, 0.1) is 0 Å². The summed E-state index contributed by atoms with van der Waals surface area (Å²) in [7, 11) is 1.58. The van der Waals surface area contributed by atoms with Crippen molar-refractivity contribution in [1.29, 1.82) is 0 Å². The molecule has 0 saturated heterocycles. The van der Waals surface area contributed by atoms with Gasteiger partial charge in [-0.05, 0) is 48.9 Å². The summed E-state index contributed by atoms with van der Waals surface area (Å²) in [4.78, 5) is 0. The topological polar surface area (TPSA) is 39.7 Å². The number of anilines is 1. The van der Waals surface area contributed by atoms with Crippen LogP contribution in [0.3, 0.4) is 0 Å². The number of methoxy groups -OCH3 is 1. The molecule has 3 rings (SSSR count). The van der Waals surface area contributed by atoms with Crippen LogP contribution in [0.2, 0.25) is 20.1 Å². The zero-order valence-corrected chi connectivity index (χ0v) is 20.0. The summed E-state index contributed by atoms with van der Waals surface area (Å²) in [6.45, 7) is 3.13. The van der Waals surface area contributed by atoms with Crippen LogP contribution < -0.4 is 19.5 Å². The second kappa shape index (κ2) is 11.1. The quantitative estimate of drug-likeness (QED) is 0.324. The predicted molar refractivity (Wildman–Crippen MR) is 129 cm³/mol. The second-order valence-electron chi connectivity index (χ2n) is 6.55. The van der Waals surface area contributed by atoms with Crippen LogP contribution in [-0.2, 0) is 13.2 Å². The van der Waals surface area contributed by atoms with Crippen molar-refractivity contribution < 1.29 is 14.2 Å². The van der Waals surface area contributed by atoms with Crippen molar-refractivity contribution in [3.05, 3.63) is 79.7 Å². The highest BCUT2D eigenvalue weighted by Gasteiger charge is 2.13. The molecule has 0 amide bonds. The summed E-state index contributed by atoms with van der Waals surface area (Å²) in [6.07, 6.45) is 0. The van der Waals surface area contributed by atoms with E-state index >= 15 is 0 Å². The predicted octanol–water partition coefficient (Wildman–Crippen LogP) is 7.90. The van der Waals surface area contributed by atoms with E-state index in [1.807, 2.05) is 25.1 Å². The van der Waals surface area contributed by atoms with Gasteiger partial charge in [-0.1, -0.05) is 52.5 Å². The zero-order valence-electron chi connectivity index (χ0n) is 17.0. The highest BCUT2D eigenvalue weighted by atomic mass is 35.5. The lowest BCUT2D eigenvalue weighted by molar-refractivity contribution is 0.269. The van der Waals surface area contributed by atoms with Gasteiger partial charge in [-0.25, -0.2) is 0 Å². The van der Waals surface area contributed by atoms with E-state index in [1.54, 1.807) is 37.4 Å². The molecule has 8 heteroatoms. The molecule has 0 aliphatic rings. The molecule has 31 heavy (non-hydrogen) atoms. The average Bonchev–Trinajstić information content (AvgIpc) is 2.74. The van der Waals surface area contributed by atoms with Gasteiger partial charge >= 0.3 is 0 Å². The fraction of sp³-hybridized carbons (Fsp3) is 0.217. The Bertz CT molecular complexity index is 1060. The number of hydrogen-bond donors (Lipinski definition) is 1. The maximum absolute atomic E-state index is 6.52. The maximum atomic E-state index is 6.52. The summed E-state index contributed by atoms with van der Waals surface area (Å²) >= 11 is 24.9. The van der Waals surface area contributed by atoms with Crippen molar-refractivity contribution in [3.63, 3.8) is 0 Å². The van der Waals surface area contributed by atoms with Crippen molar-refractivity contribution in [2.45, 2.75) is 20.1 Å². The Labute approximate surface area is 201 Å². The van der Waals surface area contributed by atoms with Crippen molar-refractivity contribution in [2.75, 3.05) is 19.0 Å². The van der Waals surface area contributed by atoms with Gasteiger partial charge in [0.05, 0.1) is 18.7 Å². The van der Waals surface area contributed by atoms with E-state index in [4.69, 9.17) is 60.6 Å². The van der Waals surface area contributed by atoms with Crippen LogP contribution in [0.5, 0.6) is 17.2 Å². The number of hydrogen-bond acceptors (Lipinski definition) is 4. The molecule has 1 N–H and O–H groups in total. The third kappa shape index (κ3) is 6.27. The largest absolute Gasteiger partial charge is 0.495 e. The van der Waals surface area contributed by atoms with Crippen molar-refractivity contribution in [2.24, 2.45) is 0 Å². The van der Waals surface area contributed by atoms with Gasteiger partial charge in [-0.15, -0.1) is 0 Å². The summed E-state index contributed by atoms with van der Waals surface area (Å²) < 4.78 is 16.9. The normalized spacial score (nSPS) is 10.6. The first kappa shape index (κ1) is 23.7. The summed E-state index contributed by atoms with van der Waals surface area (Å²) in [5, 5.41) is 5.49. The molecule has 0 spiro atoms. The minimum Gasteiger partial charge on any atom is -0.495 e. The molecule has 4 nitrogen and oxygen atoms in total. The fourth-order valence-corrected chi connectivity index (χ4v) is 3.80. The molecule has 0 aromatic heterocycles. The molecule has 0 aliphatic heterocycles. The van der Waals surface area contributed by atoms with Crippen LogP contribution >= 0.6 is 46.4 Å². The van der Waals surface area contributed by atoms with E-state index in [0.29, 0.717) is 50.5 Å². The molecule has 0 saturated carbocycles. The molecule has 0 atom stereocenters. The van der Waals surface area contributed by atoms with Gasteiger partial charge in [0, 0.05) is 38.9 Å². The van der Waals surface area contributed by atoms with Crippen LogP contribution in [0.4, 0.5) is 5.69 Å². The van der Waals surface area contributed by atoms with E-state index in [-0.39, 0.29) is 6.61 Å². The number of ether oxygens (including phenoxy) is 3. The number of benzene rings is 3. The zero-order chi connectivity index (χ0) is 22.4. The summed E-state index contributed by atoms with van der Waals surface area (Å²) in [6, 6.07) is 14.4. The Kier molecular flexibility index (Phi) is 8.44. The van der Waals surface area contributed by atoms with Gasteiger partial charge in [0.1, 0.15) is 12.4 Å². The molecular formula is C23H21Cl4NO3. The molecule has 3 aromatic rings. The van der Waals surface area contributed by atoms with E-state index in [1.165, 1.54) is 0 Å². The molecular weight excluding hydrogens is 480 g/mol. The third-order valence-corrected chi connectivity index (χ3v) is 5.68. The van der Waals surface area contributed by atoms with Crippen LogP contribution in [0.25, 0.3) is 0 Å². The molecule has 0 heterocycles. The SMILES string of the molecule is CCOc1cc(CNc2ccc(OC)c(Cl)c2)c(Cl)cc1OCc1ccc(Cl)cc1Cl. The van der Waals surface area contributed by atoms with Gasteiger partial charge in [0.2, 0.25) is 0 Å². The molecule has 164 valence electrons. The lowest BCUT2D eigenvalue weighted by Gasteiger charge is -2.16. The minimum absolute atomic E-state index is 0.258. The lowest BCUT2D eigenvalue weighted by Crippen LogP contribution is -2.04. The Hall–Kier alpha value is -1.98. The number of rotatable bonds is 9. The smallest absolute Gasteiger partial charge is 0.163 e. The Morgan fingerprint density at radius 2 is 1.48 bits per heavy atom. The van der Waals surface area contributed by atoms with Crippen molar-refractivity contribution in [3.8, 4) is 17.2 Å². The van der Waals surface area contributed by atoms with Crippen LogP contribution in [-0.4, -0.2) is 13.7 Å². The highest BCUT2D eigenvalue weighted by molar-refractivity contribution is 6.35. The van der Waals surface area contributed by atoms with E-state index in [0.717, 1.165) is 16.8 Å². The van der Waals surface area contributed by atoms with E-state index in [9.17, 15) is 0 Å². The molecule has 3 aromatic carbocycles. The second-order valence-corrected chi connectivity index (χ2v) is 8.21. The van der Waals surface area contributed by atoms with Gasteiger partial charge in [-0.3, -0.25) is 0 Å². The Morgan fingerprint density at radius 1 is 0.742 bits per heavy atom. The standard InChI is InChI=1S/C23H21Cl4NO3/c1-3-30-22-8-15(12-28-17-6-7-21(29-2)20(27)10-17)19(26)11-23(22)31-13-14-4-5-16(24)9-18(14)25/h4-11,28H,3,12-13H2,1-2H3. The molecule has 0 fully saturated rings. The third-order valence-electron chi connectivity index (χ3n) is 4.45. The first-order chi connectivity index (χ1) is 14.9. The fourth-order valence-electron chi connectivity index (χ4n) is 2.86.